The maximum Gasteiger partial charge on any atom is 0.175 e. The van der Waals surface area contributed by atoms with Gasteiger partial charge in [0, 0.05) is 11.8 Å². The zero-order valence-electron chi connectivity index (χ0n) is 10.8. The van der Waals surface area contributed by atoms with Gasteiger partial charge < -0.3 is 15.7 Å². The average Bonchev–Trinajstić information content (AvgIpc) is 3.11. The summed E-state index contributed by atoms with van der Waals surface area (Å²) < 4.78 is 5.76. The normalized spacial score (nSPS) is 15.8. The molecule has 3 N–H and O–H groups in total. The third-order valence-electron chi connectivity index (χ3n) is 3.14. The van der Waals surface area contributed by atoms with E-state index in [2.05, 4.69) is 10.1 Å². The highest BCUT2D eigenvalue weighted by Gasteiger charge is 2.21. The van der Waals surface area contributed by atoms with Gasteiger partial charge in [0.25, 0.3) is 0 Å². The number of nitrogens with zero attached hydrogens (tertiary/aromatic N) is 2. The van der Waals surface area contributed by atoms with Gasteiger partial charge in [0.15, 0.2) is 5.84 Å². The van der Waals surface area contributed by atoms with E-state index in [0.717, 1.165) is 18.0 Å². The summed E-state index contributed by atoms with van der Waals surface area (Å²) in [7, 11) is 0. The molecule has 1 aromatic heterocycles. The van der Waals surface area contributed by atoms with Crippen molar-refractivity contribution in [3.05, 3.63) is 23.0 Å². The fourth-order valence-electron chi connectivity index (χ4n) is 2.01. The summed E-state index contributed by atoms with van der Waals surface area (Å²) in [4.78, 5) is 4.31. The van der Waals surface area contributed by atoms with Gasteiger partial charge in [-0.05, 0) is 26.2 Å². The molecular weight excluding hydrogens is 230 g/mol. The number of hydrogen-bond acceptors (Lipinski definition) is 4. The molecule has 0 radical (unpaired) electrons. The number of aryl methyl sites for hydroxylation is 2. The molecule has 0 spiro atoms. The number of amidine groups is 1. The van der Waals surface area contributed by atoms with Crippen molar-refractivity contribution >= 4 is 5.84 Å². The van der Waals surface area contributed by atoms with E-state index < -0.39 is 0 Å². The lowest BCUT2D eigenvalue weighted by molar-refractivity contribution is 0.299. The Balaban J connectivity index is 2.18. The number of oxime groups is 1. The van der Waals surface area contributed by atoms with Gasteiger partial charge in [0.2, 0.25) is 0 Å². The summed E-state index contributed by atoms with van der Waals surface area (Å²) in [5.41, 5.74) is 7.83. The van der Waals surface area contributed by atoms with Crippen LogP contribution in [0.3, 0.4) is 0 Å². The second-order valence-electron chi connectivity index (χ2n) is 4.79. The third-order valence-corrected chi connectivity index (χ3v) is 3.14. The smallest absolute Gasteiger partial charge is 0.175 e. The van der Waals surface area contributed by atoms with E-state index in [1.54, 1.807) is 0 Å². The predicted octanol–water partition coefficient (Wildman–Crippen LogP) is 1.97. The lowest BCUT2D eigenvalue weighted by atomic mass is 10.1. The van der Waals surface area contributed by atoms with Gasteiger partial charge in [-0.1, -0.05) is 18.0 Å². The summed E-state index contributed by atoms with van der Waals surface area (Å²) in [6.45, 7) is 4.39. The Morgan fingerprint density at radius 2 is 2.28 bits per heavy atom. The Bertz CT molecular complexity index is 468. The van der Waals surface area contributed by atoms with Crippen molar-refractivity contribution in [3.63, 3.8) is 0 Å². The van der Waals surface area contributed by atoms with Crippen LogP contribution in [0.1, 0.15) is 36.2 Å². The van der Waals surface area contributed by atoms with E-state index in [4.69, 9.17) is 15.7 Å². The molecule has 0 aliphatic heterocycles. The van der Waals surface area contributed by atoms with Crippen LogP contribution < -0.4 is 10.5 Å². The van der Waals surface area contributed by atoms with Gasteiger partial charge in [-0.15, -0.1) is 0 Å². The maximum atomic E-state index is 8.81. The van der Waals surface area contributed by atoms with Crippen molar-refractivity contribution in [1.82, 2.24) is 4.98 Å². The molecule has 1 fully saturated rings. The summed E-state index contributed by atoms with van der Waals surface area (Å²) in [5.74, 6) is 1.51. The third kappa shape index (κ3) is 2.91. The fourth-order valence-corrected chi connectivity index (χ4v) is 2.01. The molecule has 1 aromatic rings. The Kier molecular flexibility index (Phi) is 3.69. The second-order valence-corrected chi connectivity index (χ2v) is 4.79. The Hall–Kier alpha value is -1.78. The van der Waals surface area contributed by atoms with Crippen LogP contribution in [0.5, 0.6) is 5.75 Å². The maximum absolute atomic E-state index is 8.81. The molecule has 0 bridgehead atoms. The molecular formula is C13H19N3O2. The van der Waals surface area contributed by atoms with Crippen LogP contribution in [0.25, 0.3) is 0 Å². The van der Waals surface area contributed by atoms with Crippen LogP contribution in [0, 0.1) is 19.8 Å². The quantitative estimate of drug-likeness (QED) is 0.362. The van der Waals surface area contributed by atoms with E-state index in [9.17, 15) is 0 Å². The van der Waals surface area contributed by atoms with Gasteiger partial charge >= 0.3 is 0 Å². The number of hydrogen-bond donors (Lipinski definition) is 2. The van der Waals surface area contributed by atoms with Crippen molar-refractivity contribution < 1.29 is 9.94 Å². The van der Waals surface area contributed by atoms with Gasteiger partial charge in [-0.25, -0.2) is 0 Å². The highest BCUT2D eigenvalue weighted by atomic mass is 16.5. The minimum atomic E-state index is 0.0430. The summed E-state index contributed by atoms with van der Waals surface area (Å²) in [6, 6.07) is 1.83. The molecule has 98 valence electrons. The molecule has 0 saturated heterocycles. The molecule has 1 heterocycles. The van der Waals surface area contributed by atoms with E-state index in [-0.39, 0.29) is 5.84 Å². The van der Waals surface area contributed by atoms with Crippen LogP contribution in [0.4, 0.5) is 0 Å². The number of rotatable bonds is 5. The van der Waals surface area contributed by atoms with Crippen LogP contribution >= 0.6 is 0 Å². The monoisotopic (exact) mass is 249 g/mol. The van der Waals surface area contributed by atoms with Crippen LogP contribution in [0.2, 0.25) is 0 Å². The molecule has 2 rings (SSSR count). The standard InChI is InChI=1S/C13H19N3O2/c1-8-7-11(18-6-5-10-3-4-10)12(9(2)15-8)13(14)16-17/h7,10,17H,3-6H2,1-2H3,(H2,14,16). The number of pyridine rings is 1. The van der Waals surface area contributed by atoms with Crippen molar-refractivity contribution in [1.29, 1.82) is 0 Å². The Morgan fingerprint density at radius 3 is 2.89 bits per heavy atom. The first-order chi connectivity index (χ1) is 8.61. The minimum Gasteiger partial charge on any atom is -0.493 e. The first kappa shape index (κ1) is 12.7. The molecule has 0 amide bonds. The van der Waals surface area contributed by atoms with Crippen molar-refractivity contribution in [2.45, 2.75) is 33.1 Å². The molecule has 0 atom stereocenters. The van der Waals surface area contributed by atoms with Crippen LogP contribution in [-0.4, -0.2) is 22.6 Å². The Labute approximate surface area is 107 Å². The molecule has 5 nitrogen and oxygen atoms in total. The SMILES string of the molecule is Cc1cc(OCCC2CC2)c(/C(N)=N/O)c(C)n1. The largest absolute Gasteiger partial charge is 0.493 e. The van der Waals surface area contributed by atoms with Crippen molar-refractivity contribution in [3.8, 4) is 5.75 Å². The predicted molar refractivity (Wildman–Crippen MR) is 69.1 cm³/mol. The van der Waals surface area contributed by atoms with E-state index >= 15 is 0 Å². The molecule has 1 aliphatic carbocycles. The fraction of sp³-hybridized carbons (Fsp3) is 0.538. The first-order valence-electron chi connectivity index (χ1n) is 6.20. The minimum absolute atomic E-state index is 0.0430. The number of ether oxygens (including phenoxy) is 1. The topological polar surface area (TPSA) is 80.7 Å². The van der Waals surface area contributed by atoms with Gasteiger partial charge in [-0.3, -0.25) is 4.98 Å². The molecule has 18 heavy (non-hydrogen) atoms. The second kappa shape index (κ2) is 5.25. The lowest BCUT2D eigenvalue weighted by Crippen LogP contribution is -2.18. The first-order valence-corrected chi connectivity index (χ1v) is 6.20. The molecule has 0 aromatic carbocycles. The molecule has 5 heteroatoms. The zero-order valence-corrected chi connectivity index (χ0v) is 10.8. The summed E-state index contributed by atoms with van der Waals surface area (Å²) >= 11 is 0. The van der Waals surface area contributed by atoms with Crippen LogP contribution in [0.15, 0.2) is 11.2 Å². The average molecular weight is 249 g/mol. The highest BCUT2D eigenvalue weighted by molar-refractivity contribution is 6.00. The molecule has 1 saturated carbocycles. The van der Waals surface area contributed by atoms with Gasteiger partial charge in [-0.2, -0.15) is 0 Å². The zero-order chi connectivity index (χ0) is 13.1. The number of nitrogens with two attached hydrogens (primary N) is 1. The summed E-state index contributed by atoms with van der Waals surface area (Å²) in [6.07, 6.45) is 3.69. The van der Waals surface area contributed by atoms with Crippen molar-refractivity contribution in [2.24, 2.45) is 16.8 Å². The van der Waals surface area contributed by atoms with E-state index in [0.29, 0.717) is 23.6 Å². The van der Waals surface area contributed by atoms with Crippen molar-refractivity contribution in [2.75, 3.05) is 6.61 Å². The Morgan fingerprint density at radius 1 is 1.56 bits per heavy atom. The van der Waals surface area contributed by atoms with E-state index in [1.165, 1.54) is 12.8 Å². The van der Waals surface area contributed by atoms with E-state index in [1.807, 2.05) is 19.9 Å². The highest BCUT2D eigenvalue weighted by Crippen LogP contribution is 2.32. The summed E-state index contributed by atoms with van der Waals surface area (Å²) in [5, 5.41) is 11.8. The van der Waals surface area contributed by atoms with Gasteiger partial charge in [0.1, 0.15) is 5.75 Å². The molecule has 1 aliphatic rings. The molecule has 0 unspecified atom stereocenters. The lowest BCUT2D eigenvalue weighted by Gasteiger charge is -2.13. The number of aromatic nitrogens is 1. The van der Waals surface area contributed by atoms with Gasteiger partial charge in [0.05, 0.1) is 17.9 Å². The van der Waals surface area contributed by atoms with Crippen LogP contribution in [-0.2, 0) is 0 Å².